The number of carbonyl (C=O) groups is 2. The van der Waals surface area contributed by atoms with E-state index in [1.54, 1.807) is 36.2 Å². The molecule has 6 heteroatoms. The zero-order valence-corrected chi connectivity index (χ0v) is 12.8. The first-order valence-corrected chi connectivity index (χ1v) is 8.03. The van der Waals surface area contributed by atoms with Gasteiger partial charge in [-0.3, -0.25) is 4.79 Å². The van der Waals surface area contributed by atoms with Crippen molar-refractivity contribution in [3.8, 4) is 5.75 Å². The van der Waals surface area contributed by atoms with Crippen LogP contribution in [-0.4, -0.2) is 42.1 Å². The number of carboxylic acid groups (broad SMARTS) is 1. The number of ether oxygens (including phenoxy) is 1. The van der Waals surface area contributed by atoms with E-state index < -0.39 is 5.97 Å². The Morgan fingerprint density at radius 3 is 2.48 bits per heavy atom. The summed E-state index contributed by atoms with van der Waals surface area (Å²) in [6.45, 7) is -0.367. The van der Waals surface area contributed by atoms with Crippen LogP contribution in [-0.2, 0) is 9.59 Å². The molecule has 5 nitrogen and oxygen atoms in total. The summed E-state index contributed by atoms with van der Waals surface area (Å²) in [4.78, 5) is 24.5. The average Bonchev–Trinajstić information content (AvgIpc) is 2.53. The van der Waals surface area contributed by atoms with Gasteiger partial charge in [0.1, 0.15) is 5.75 Å². The molecule has 0 bridgehead atoms. The Bertz CT molecular complexity index is 497. The SMILES string of the molecule is CN(C(=O)C1CCSCC1)c1ccc(OCC(=O)O)cc1. The first-order chi connectivity index (χ1) is 10.1. The first-order valence-electron chi connectivity index (χ1n) is 6.88. The quantitative estimate of drug-likeness (QED) is 0.903. The molecule has 114 valence electrons. The van der Waals surface area contributed by atoms with Gasteiger partial charge in [-0.25, -0.2) is 4.79 Å². The van der Waals surface area contributed by atoms with E-state index >= 15 is 0 Å². The molecule has 1 N–H and O–H groups in total. The molecule has 2 rings (SSSR count). The minimum absolute atomic E-state index is 0.110. The maximum atomic E-state index is 12.4. The Hall–Kier alpha value is -1.69. The zero-order valence-electron chi connectivity index (χ0n) is 11.9. The van der Waals surface area contributed by atoms with Crippen LogP contribution >= 0.6 is 11.8 Å². The molecule has 1 aliphatic heterocycles. The van der Waals surface area contributed by atoms with Crippen LogP contribution in [0.15, 0.2) is 24.3 Å². The second-order valence-electron chi connectivity index (χ2n) is 4.96. The number of aliphatic carboxylic acids is 1. The summed E-state index contributed by atoms with van der Waals surface area (Å²) in [5, 5.41) is 8.56. The Kier molecular flexibility index (Phi) is 5.50. The lowest BCUT2D eigenvalue weighted by atomic mass is 10.0. The van der Waals surface area contributed by atoms with Gasteiger partial charge in [0.2, 0.25) is 5.91 Å². The number of carboxylic acids is 1. The summed E-state index contributed by atoms with van der Waals surface area (Å²) in [5.41, 5.74) is 0.793. The molecule has 1 fully saturated rings. The molecule has 0 unspecified atom stereocenters. The number of nitrogens with zero attached hydrogens (tertiary/aromatic N) is 1. The Morgan fingerprint density at radius 1 is 1.29 bits per heavy atom. The molecule has 0 atom stereocenters. The van der Waals surface area contributed by atoms with E-state index in [-0.39, 0.29) is 18.4 Å². The largest absolute Gasteiger partial charge is 0.482 e. The monoisotopic (exact) mass is 309 g/mol. The van der Waals surface area contributed by atoms with Crippen molar-refractivity contribution in [1.82, 2.24) is 0 Å². The van der Waals surface area contributed by atoms with Gasteiger partial charge < -0.3 is 14.7 Å². The Morgan fingerprint density at radius 2 is 1.90 bits per heavy atom. The van der Waals surface area contributed by atoms with Gasteiger partial charge in [-0.05, 0) is 48.6 Å². The number of hydrogen-bond acceptors (Lipinski definition) is 4. The van der Waals surface area contributed by atoms with Crippen molar-refractivity contribution in [2.75, 3.05) is 30.1 Å². The highest BCUT2D eigenvalue weighted by molar-refractivity contribution is 7.99. The van der Waals surface area contributed by atoms with Crippen LogP contribution in [0, 0.1) is 5.92 Å². The van der Waals surface area contributed by atoms with Crippen molar-refractivity contribution in [1.29, 1.82) is 0 Å². The number of amides is 1. The minimum Gasteiger partial charge on any atom is -0.482 e. The van der Waals surface area contributed by atoms with Crippen LogP contribution in [0.4, 0.5) is 5.69 Å². The highest BCUT2D eigenvalue weighted by Gasteiger charge is 2.24. The van der Waals surface area contributed by atoms with Gasteiger partial charge in [0.05, 0.1) is 0 Å². The summed E-state index contributed by atoms with van der Waals surface area (Å²) in [6, 6.07) is 6.90. The third kappa shape index (κ3) is 4.39. The van der Waals surface area contributed by atoms with E-state index in [9.17, 15) is 9.59 Å². The molecular weight excluding hydrogens is 290 g/mol. The summed E-state index contributed by atoms with van der Waals surface area (Å²) >= 11 is 1.90. The highest BCUT2D eigenvalue weighted by atomic mass is 32.2. The molecule has 1 heterocycles. The smallest absolute Gasteiger partial charge is 0.341 e. The van der Waals surface area contributed by atoms with Crippen LogP contribution in [0.25, 0.3) is 0 Å². The molecule has 1 aromatic carbocycles. The number of thioether (sulfide) groups is 1. The number of anilines is 1. The molecule has 0 spiro atoms. The normalized spacial score (nSPS) is 15.5. The molecule has 0 radical (unpaired) electrons. The molecule has 1 aromatic rings. The van der Waals surface area contributed by atoms with Gasteiger partial charge in [-0.2, -0.15) is 11.8 Å². The average molecular weight is 309 g/mol. The fourth-order valence-corrected chi connectivity index (χ4v) is 3.36. The van der Waals surface area contributed by atoms with E-state index in [1.807, 2.05) is 11.8 Å². The molecule has 21 heavy (non-hydrogen) atoms. The summed E-state index contributed by atoms with van der Waals surface area (Å²) in [5.74, 6) is 1.82. The van der Waals surface area contributed by atoms with Crippen LogP contribution in [0.3, 0.4) is 0 Å². The van der Waals surface area contributed by atoms with E-state index in [2.05, 4.69) is 0 Å². The third-order valence-corrected chi connectivity index (χ3v) is 4.54. The first kappa shape index (κ1) is 15.7. The van der Waals surface area contributed by atoms with Gasteiger partial charge in [0.15, 0.2) is 6.61 Å². The Balaban J connectivity index is 1.96. The number of rotatable bonds is 5. The minimum atomic E-state index is -1.01. The summed E-state index contributed by atoms with van der Waals surface area (Å²) in [6.07, 6.45) is 1.88. The van der Waals surface area contributed by atoms with Crippen molar-refractivity contribution < 1.29 is 19.4 Å². The second-order valence-corrected chi connectivity index (χ2v) is 6.18. The van der Waals surface area contributed by atoms with Gasteiger partial charge in [-0.15, -0.1) is 0 Å². The fourth-order valence-electron chi connectivity index (χ4n) is 2.26. The summed E-state index contributed by atoms with van der Waals surface area (Å²) in [7, 11) is 1.77. The van der Waals surface area contributed by atoms with Crippen LogP contribution in [0.2, 0.25) is 0 Å². The fraction of sp³-hybridized carbons (Fsp3) is 0.467. The van der Waals surface area contributed by atoms with E-state index in [1.165, 1.54) is 0 Å². The number of benzene rings is 1. The predicted octanol–water partition coefficient (Wildman–Crippen LogP) is 2.26. The van der Waals surface area contributed by atoms with Crippen molar-refractivity contribution in [3.05, 3.63) is 24.3 Å². The molecule has 0 saturated carbocycles. The topological polar surface area (TPSA) is 66.8 Å². The van der Waals surface area contributed by atoms with E-state index in [4.69, 9.17) is 9.84 Å². The molecule has 1 amide bonds. The van der Waals surface area contributed by atoms with Gasteiger partial charge in [-0.1, -0.05) is 0 Å². The molecule has 0 aromatic heterocycles. The predicted molar refractivity (Wildman–Crippen MR) is 83.0 cm³/mol. The molecule has 1 aliphatic rings. The lowest BCUT2D eigenvalue weighted by Gasteiger charge is -2.26. The highest BCUT2D eigenvalue weighted by Crippen LogP contribution is 2.26. The van der Waals surface area contributed by atoms with Gasteiger partial charge in [0.25, 0.3) is 0 Å². The number of carbonyl (C=O) groups excluding carboxylic acids is 1. The third-order valence-electron chi connectivity index (χ3n) is 3.49. The second kappa shape index (κ2) is 7.36. The lowest BCUT2D eigenvalue weighted by Crippen LogP contribution is -2.34. The van der Waals surface area contributed by atoms with Crippen LogP contribution in [0.1, 0.15) is 12.8 Å². The lowest BCUT2D eigenvalue weighted by molar-refractivity contribution is -0.139. The van der Waals surface area contributed by atoms with Gasteiger partial charge >= 0.3 is 5.97 Å². The maximum absolute atomic E-state index is 12.4. The van der Waals surface area contributed by atoms with Crippen molar-refractivity contribution in [3.63, 3.8) is 0 Å². The standard InChI is InChI=1S/C15H19NO4S/c1-16(15(19)11-6-8-21-9-7-11)12-2-4-13(5-3-12)20-10-14(17)18/h2-5,11H,6-10H2,1H3,(H,17,18). The van der Waals surface area contributed by atoms with Crippen LogP contribution in [0.5, 0.6) is 5.75 Å². The van der Waals surface area contributed by atoms with Gasteiger partial charge in [0, 0.05) is 18.7 Å². The molecule has 0 aliphatic carbocycles. The van der Waals surface area contributed by atoms with Crippen LogP contribution < -0.4 is 9.64 Å². The zero-order chi connectivity index (χ0) is 15.2. The van der Waals surface area contributed by atoms with Crippen molar-refractivity contribution in [2.24, 2.45) is 5.92 Å². The van der Waals surface area contributed by atoms with Crippen molar-refractivity contribution in [2.45, 2.75) is 12.8 Å². The number of hydrogen-bond donors (Lipinski definition) is 1. The molecule has 1 saturated heterocycles. The van der Waals surface area contributed by atoms with Crippen molar-refractivity contribution >= 4 is 29.3 Å². The van der Waals surface area contributed by atoms with E-state index in [0.29, 0.717) is 5.75 Å². The molecular formula is C15H19NO4S. The summed E-state index contributed by atoms with van der Waals surface area (Å²) < 4.78 is 5.07. The van der Waals surface area contributed by atoms with E-state index in [0.717, 1.165) is 30.0 Å². The Labute approximate surface area is 128 Å². The maximum Gasteiger partial charge on any atom is 0.341 e.